The molecule has 1 saturated heterocycles. The van der Waals surface area contributed by atoms with Gasteiger partial charge in [0.05, 0.1) is 6.54 Å². The molecule has 1 unspecified atom stereocenters. The van der Waals surface area contributed by atoms with Crippen LogP contribution in [0.5, 0.6) is 11.6 Å². The molecule has 1 saturated carbocycles. The molecule has 3 aliphatic rings. The number of benzene rings is 1. The number of aryl methyl sites for hydroxylation is 1. The topological polar surface area (TPSA) is 132 Å². The number of hydrogen-bond donors (Lipinski definition) is 3. The summed E-state index contributed by atoms with van der Waals surface area (Å²) in [5.41, 5.74) is 14.7. The summed E-state index contributed by atoms with van der Waals surface area (Å²) in [5, 5.41) is 10.6. The maximum absolute atomic E-state index is 10.6. The Kier molecular flexibility index (Phi) is 6.69. The first-order valence-corrected chi connectivity index (χ1v) is 11.3. The van der Waals surface area contributed by atoms with Crippen molar-refractivity contribution in [2.75, 3.05) is 25.9 Å². The van der Waals surface area contributed by atoms with Crippen LogP contribution in [0.15, 0.2) is 35.7 Å². The number of likely N-dealkylation sites (N-methyl/N-ethyl adjacent to an activating group) is 1. The Morgan fingerprint density at radius 1 is 1.18 bits per heavy atom. The maximum atomic E-state index is 10.6. The van der Waals surface area contributed by atoms with Crippen LogP contribution >= 0.6 is 0 Å². The van der Waals surface area contributed by atoms with Crippen molar-refractivity contribution in [1.29, 1.82) is 0 Å². The van der Waals surface area contributed by atoms with Crippen LogP contribution in [0.4, 0.5) is 11.5 Å². The van der Waals surface area contributed by atoms with Crippen LogP contribution in [-0.4, -0.2) is 52.1 Å². The average Bonchev–Trinajstić information content (AvgIpc) is 3.16. The first-order chi connectivity index (χ1) is 15.8. The molecule has 9 heteroatoms. The Balaban J connectivity index is 0.000000318. The number of aromatic nitrogens is 2. The number of hydrogen-bond acceptors (Lipinski definition) is 9. The molecule has 1 aliphatic carbocycles. The molecule has 2 aliphatic heterocycles. The van der Waals surface area contributed by atoms with Crippen molar-refractivity contribution in [1.82, 2.24) is 14.9 Å². The van der Waals surface area contributed by atoms with Gasteiger partial charge in [-0.05, 0) is 43.9 Å². The third kappa shape index (κ3) is 5.03. The molecule has 1 aromatic carbocycles. The normalized spacial score (nSPS) is 20.2. The molecule has 0 bridgehead atoms. The number of fused-ring (bicyclic) bond motifs is 1. The molecule has 2 aromatic rings. The zero-order valence-corrected chi connectivity index (χ0v) is 19.3. The molecule has 3 heterocycles. The van der Waals surface area contributed by atoms with E-state index in [1.807, 2.05) is 24.1 Å². The summed E-state index contributed by atoms with van der Waals surface area (Å²) in [5.74, 6) is 2.53. The number of nitrogens with two attached hydrogens (primary N) is 2. The van der Waals surface area contributed by atoms with E-state index in [4.69, 9.17) is 20.9 Å². The van der Waals surface area contributed by atoms with E-state index in [1.165, 1.54) is 19.3 Å². The Labute approximate surface area is 194 Å². The van der Waals surface area contributed by atoms with Gasteiger partial charge < -0.3 is 25.2 Å². The lowest BCUT2D eigenvalue weighted by Gasteiger charge is -2.25. The molecule has 0 radical (unpaired) electrons. The number of aromatic hydroxyl groups is 1. The van der Waals surface area contributed by atoms with Gasteiger partial charge >= 0.3 is 0 Å². The van der Waals surface area contributed by atoms with E-state index in [1.54, 1.807) is 13.0 Å². The number of nitrogen functional groups attached to an aromatic ring is 1. The Morgan fingerprint density at radius 3 is 2.55 bits per heavy atom. The Bertz CT molecular complexity index is 1060. The zero-order valence-electron chi connectivity index (χ0n) is 19.3. The lowest BCUT2D eigenvalue weighted by molar-refractivity contribution is 0.246. The second-order valence-electron chi connectivity index (χ2n) is 8.62. The summed E-state index contributed by atoms with van der Waals surface area (Å²) in [7, 11) is 1.97. The number of aliphatic imine (C=N–C) groups is 1. The first-order valence-electron chi connectivity index (χ1n) is 11.3. The minimum absolute atomic E-state index is 0.250. The lowest BCUT2D eigenvalue weighted by atomic mass is 9.83. The molecule has 1 aromatic heterocycles. The Morgan fingerprint density at radius 2 is 1.94 bits per heavy atom. The van der Waals surface area contributed by atoms with Crippen LogP contribution in [0.25, 0.3) is 0 Å². The fraction of sp³-hybridized carbons (Fsp3) is 0.458. The predicted octanol–water partition coefficient (Wildman–Crippen LogP) is 3.34. The first kappa shape index (κ1) is 22.8. The summed E-state index contributed by atoms with van der Waals surface area (Å²) in [6.45, 7) is 7.15. The van der Waals surface area contributed by atoms with Crippen molar-refractivity contribution in [3.05, 3.63) is 47.6 Å². The van der Waals surface area contributed by atoms with Gasteiger partial charge in [-0.15, -0.1) is 0 Å². The smallest absolute Gasteiger partial charge is 0.247 e. The molecular formula is C24H32N6O3. The van der Waals surface area contributed by atoms with E-state index in [9.17, 15) is 5.11 Å². The van der Waals surface area contributed by atoms with E-state index < -0.39 is 6.23 Å². The number of nitrogens with zero attached hydrogens (tertiary/aromatic N) is 4. The van der Waals surface area contributed by atoms with Gasteiger partial charge in [0.1, 0.15) is 23.9 Å². The summed E-state index contributed by atoms with van der Waals surface area (Å²) >= 11 is 0. The van der Waals surface area contributed by atoms with E-state index in [0.29, 0.717) is 28.7 Å². The predicted molar refractivity (Wildman–Crippen MR) is 128 cm³/mol. The van der Waals surface area contributed by atoms with Gasteiger partial charge in [0.15, 0.2) is 23.6 Å². The van der Waals surface area contributed by atoms with Gasteiger partial charge in [0.25, 0.3) is 0 Å². The van der Waals surface area contributed by atoms with Gasteiger partial charge in [-0.1, -0.05) is 31.4 Å². The van der Waals surface area contributed by atoms with Crippen LogP contribution in [0, 0.1) is 6.92 Å². The van der Waals surface area contributed by atoms with Crippen molar-refractivity contribution in [2.45, 2.75) is 51.2 Å². The third-order valence-electron chi connectivity index (χ3n) is 6.22. The molecule has 33 heavy (non-hydrogen) atoms. The van der Waals surface area contributed by atoms with Crippen LogP contribution in [-0.2, 0) is 4.74 Å². The second-order valence-corrected chi connectivity index (χ2v) is 8.62. The molecule has 176 valence electrons. The minimum Gasteiger partial charge on any atom is -0.508 e. The van der Waals surface area contributed by atoms with E-state index in [0.717, 1.165) is 37.4 Å². The highest BCUT2D eigenvalue weighted by Crippen LogP contribution is 2.39. The third-order valence-corrected chi connectivity index (χ3v) is 6.22. The molecular weight excluding hydrogens is 420 g/mol. The van der Waals surface area contributed by atoms with Gasteiger partial charge in [-0.3, -0.25) is 5.73 Å². The molecule has 1 atom stereocenters. The molecule has 0 spiro atoms. The molecule has 9 nitrogen and oxygen atoms in total. The Hall–Kier alpha value is -3.33. The standard InChI is InChI=1S/C19H23N5O2.C5H9NO/c1-10-22-17(20)16-19(23-10)26-18(21)15(24-16)12-7-8-13(14(25)9-12)11-5-3-2-4-6-11;1-5-6(2)3-4-7-5/h7-9,11,18,25H,2-6,21H2,1H3,(H2,20,22,23);1,3-4H2,2H3. The minimum atomic E-state index is -0.781. The summed E-state index contributed by atoms with van der Waals surface area (Å²) in [4.78, 5) is 14.8. The summed E-state index contributed by atoms with van der Waals surface area (Å²) < 4.78 is 10.7. The molecule has 5 rings (SSSR count). The number of phenols is 1. The SMILES string of the molecule is C=C1OCCN1C.Cc1nc(N)c2c(n1)OC(N)C(c1ccc(C3CCCCC3)c(O)c1)=N2. The highest BCUT2D eigenvalue weighted by atomic mass is 16.5. The van der Waals surface area contributed by atoms with Crippen LogP contribution in [0.3, 0.4) is 0 Å². The quantitative estimate of drug-likeness (QED) is 0.632. The number of anilines is 1. The van der Waals surface area contributed by atoms with Gasteiger partial charge in [-0.25, -0.2) is 9.98 Å². The van der Waals surface area contributed by atoms with Crippen LogP contribution < -0.4 is 16.2 Å². The second kappa shape index (κ2) is 9.66. The number of ether oxygens (including phenoxy) is 2. The van der Waals surface area contributed by atoms with Crippen LogP contribution in [0.1, 0.15) is 55.0 Å². The van der Waals surface area contributed by atoms with Crippen molar-refractivity contribution in [2.24, 2.45) is 10.7 Å². The molecule has 2 fully saturated rings. The highest BCUT2D eigenvalue weighted by Gasteiger charge is 2.27. The zero-order chi connectivity index (χ0) is 23.5. The monoisotopic (exact) mass is 452 g/mol. The molecule has 5 N–H and O–H groups in total. The van der Waals surface area contributed by atoms with Crippen molar-refractivity contribution in [3.8, 4) is 11.6 Å². The highest BCUT2D eigenvalue weighted by molar-refractivity contribution is 6.07. The number of phenolic OH excluding ortho intramolecular Hbond substituents is 1. The van der Waals surface area contributed by atoms with Crippen molar-refractivity contribution in [3.63, 3.8) is 0 Å². The maximum Gasteiger partial charge on any atom is 0.247 e. The summed E-state index contributed by atoms with van der Waals surface area (Å²) in [6.07, 6.45) is 5.17. The van der Waals surface area contributed by atoms with E-state index in [-0.39, 0.29) is 17.4 Å². The van der Waals surface area contributed by atoms with Crippen molar-refractivity contribution < 1.29 is 14.6 Å². The summed E-state index contributed by atoms with van der Waals surface area (Å²) in [6, 6.07) is 5.62. The lowest BCUT2D eigenvalue weighted by Crippen LogP contribution is -2.39. The van der Waals surface area contributed by atoms with Gasteiger partial charge in [-0.2, -0.15) is 4.98 Å². The average molecular weight is 453 g/mol. The van der Waals surface area contributed by atoms with E-state index in [2.05, 4.69) is 21.5 Å². The van der Waals surface area contributed by atoms with Crippen molar-refractivity contribution >= 4 is 17.2 Å². The van der Waals surface area contributed by atoms with E-state index >= 15 is 0 Å². The fourth-order valence-electron chi connectivity index (χ4n) is 4.34. The van der Waals surface area contributed by atoms with Gasteiger partial charge in [0.2, 0.25) is 5.88 Å². The van der Waals surface area contributed by atoms with Crippen LogP contribution in [0.2, 0.25) is 0 Å². The number of rotatable bonds is 2. The fourth-order valence-corrected chi connectivity index (χ4v) is 4.34. The molecule has 0 amide bonds. The largest absolute Gasteiger partial charge is 0.508 e. The van der Waals surface area contributed by atoms with Gasteiger partial charge in [0, 0.05) is 12.6 Å².